The van der Waals surface area contributed by atoms with E-state index in [-0.39, 0.29) is 23.4 Å². The lowest BCUT2D eigenvalue weighted by Gasteiger charge is -2.21. The molecule has 25 heavy (non-hydrogen) atoms. The van der Waals surface area contributed by atoms with Crippen LogP contribution in [0.3, 0.4) is 0 Å². The Kier molecular flexibility index (Phi) is 5.41. The third-order valence-electron chi connectivity index (χ3n) is 3.88. The largest absolute Gasteiger partial charge is 0.495 e. The maximum Gasteiger partial charge on any atom is 0.273 e. The molecule has 0 aromatic heterocycles. The Morgan fingerprint density at radius 1 is 1.20 bits per heavy atom. The second-order valence-corrected chi connectivity index (χ2v) is 6.78. The highest BCUT2D eigenvalue weighted by atomic mass is 16.6. The maximum atomic E-state index is 12.4. The number of amides is 1. The van der Waals surface area contributed by atoms with Gasteiger partial charge in [-0.25, -0.2) is 0 Å². The van der Waals surface area contributed by atoms with Crippen molar-refractivity contribution in [3.63, 3.8) is 0 Å². The quantitative estimate of drug-likeness (QED) is 0.655. The van der Waals surface area contributed by atoms with E-state index in [1.807, 2.05) is 12.1 Å². The zero-order chi connectivity index (χ0) is 18.6. The van der Waals surface area contributed by atoms with E-state index in [9.17, 15) is 14.9 Å². The molecule has 2 aromatic carbocycles. The molecule has 0 saturated carbocycles. The van der Waals surface area contributed by atoms with Gasteiger partial charge in [-0.3, -0.25) is 14.9 Å². The highest BCUT2D eigenvalue weighted by Crippen LogP contribution is 2.31. The van der Waals surface area contributed by atoms with Crippen LogP contribution in [0.4, 0.5) is 11.4 Å². The first-order valence-corrected chi connectivity index (χ1v) is 7.93. The molecule has 0 fully saturated rings. The van der Waals surface area contributed by atoms with Crippen LogP contribution in [0.25, 0.3) is 0 Å². The first kappa shape index (κ1) is 18.4. The van der Waals surface area contributed by atoms with E-state index in [1.54, 1.807) is 24.3 Å². The number of nitro benzene ring substituents is 1. The van der Waals surface area contributed by atoms with E-state index >= 15 is 0 Å². The predicted octanol–water partition coefficient (Wildman–Crippen LogP) is 4.08. The summed E-state index contributed by atoms with van der Waals surface area (Å²) in [5.74, 6) is 0.211. The number of methoxy groups -OCH3 is 1. The minimum absolute atomic E-state index is 0.0620. The number of nitrogens with zero attached hydrogens (tertiary/aromatic N) is 1. The van der Waals surface area contributed by atoms with Gasteiger partial charge in [0.2, 0.25) is 5.91 Å². The summed E-state index contributed by atoms with van der Waals surface area (Å²) < 4.78 is 5.30. The number of nitro groups is 1. The fraction of sp³-hybridized carbons (Fsp3) is 0.316. The lowest BCUT2D eigenvalue weighted by molar-refractivity contribution is -0.385. The Morgan fingerprint density at radius 3 is 2.48 bits per heavy atom. The normalized spacial score (nSPS) is 11.0. The molecule has 0 saturated heterocycles. The van der Waals surface area contributed by atoms with E-state index in [2.05, 4.69) is 26.1 Å². The Balaban J connectivity index is 2.25. The van der Waals surface area contributed by atoms with Gasteiger partial charge >= 0.3 is 0 Å². The Morgan fingerprint density at radius 2 is 1.88 bits per heavy atom. The molecule has 6 nitrogen and oxygen atoms in total. The molecule has 132 valence electrons. The molecule has 6 heteroatoms. The fourth-order valence-corrected chi connectivity index (χ4v) is 2.48. The van der Waals surface area contributed by atoms with E-state index in [0.29, 0.717) is 17.0 Å². The van der Waals surface area contributed by atoms with Gasteiger partial charge in [0.1, 0.15) is 5.75 Å². The molecular weight excluding hydrogens is 320 g/mol. The molecular formula is C19H22N2O4. The van der Waals surface area contributed by atoms with Crippen molar-refractivity contribution in [2.45, 2.75) is 32.6 Å². The highest BCUT2D eigenvalue weighted by Gasteiger charge is 2.19. The number of benzene rings is 2. The van der Waals surface area contributed by atoms with Gasteiger partial charge in [-0.2, -0.15) is 0 Å². The monoisotopic (exact) mass is 342 g/mol. The molecule has 0 atom stereocenters. The third kappa shape index (κ3) is 4.56. The van der Waals surface area contributed by atoms with E-state index < -0.39 is 4.92 Å². The van der Waals surface area contributed by atoms with Crippen LogP contribution in [0.1, 0.15) is 31.9 Å². The van der Waals surface area contributed by atoms with E-state index in [1.165, 1.54) is 13.2 Å². The molecule has 0 heterocycles. The number of para-hydroxylation sites is 1. The summed E-state index contributed by atoms with van der Waals surface area (Å²) in [6.45, 7) is 6.23. The van der Waals surface area contributed by atoms with Gasteiger partial charge in [-0.05, 0) is 23.1 Å². The molecule has 0 spiro atoms. The summed E-state index contributed by atoms with van der Waals surface area (Å²) in [7, 11) is 1.53. The summed E-state index contributed by atoms with van der Waals surface area (Å²) >= 11 is 0. The number of carbonyl (C=O) groups excluding carboxylic acids is 1. The van der Waals surface area contributed by atoms with Gasteiger partial charge in [0.15, 0.2) is 0 Å². The fourth-order valence-electron chi connectivity index (χ4n) is 2.48. The van der Waals surface area contributed by atoms with Gasteiger partial charge in [0, 0.05) is 11.6 Å². The number of rotatable bonds is 5. The molecule has 0 bridgehead atoms. The summed E-state index contributed by atoms with van der Waals surface area (Å²) in [6, 6.07) is 11.9. The minimum atomic E-state index is -0.483. The Hall–Kier alpha value is -2.89. The number of ether oxygens (including phenoxy) is 1. The number of hydrogen-bond donors (Lipinski definition) is 1. The molecule has 0 radical (unpaired) electrons. The first-order valence-electron chi connectivity index (χ1n) is 7.93. The van der Waals surface area contributed by atoms with Crippen molar-refractivity contribution < 1.29 is 14.5 Å². The number of hydrogen-bond acceptors (Lipinski definition) is 4. The van der Waals surface area contributed by atoms with E-state index in [0.717, 1.165) is 5.56 Å². The second kappa shape index (κ2) is 7.34. The minimum Gasteiger partial charge on any atom is -0.495 e. The van der Waals surface area contributed by atoms with Crippen LogP contribution < -0.4 is 10.1 Å². The van der Waals surface area contributed by atoms with Crippen LogP contribution in [0.2, 0.25) is 0 Å². The predicted molar refractivity (Wildman–Crippen MR) is 97.1 cm³/mol. The van der Waals surface area contributed by atoms with Crippen molar-refractivity contribution in [1.29, 1.82) is 0 Å². The highest BCUT2D eigenvalue weighted by molar-refractivity contribution is 5.94. The molecule has 1 amide bonds. The lowest BCUT2D eigenvalue weighted by atomic mass is 9.87. The molecule has 0 aliphatic carbocycles. The maximum absolute atomic E-state index is 12.4. The smallest absolute Gasteiger partial charge is 0.273 e. The van der Waals surface area contributed by atoms with Crippen LogP contribution in [-0.2, 0) is 16.6 Å². The second-order valence-electron chi connectivity index (χ2n) is 6.78. The molecule has 2 aromatic rings. The molecule has 2 rings (SSSR count). The van der Waals surface area contributed by atoms with Gasteiger partial charge in [-0.1, -0.05) is 45.0 Å². The van der Waals surface area contributed by atoms with Crippen LogP contribution in [0.15, 0.2) is 42.5 Å². The van der Waals surface area contributed by atoms with Crippen LogP contribution in [-0.4, -0.2) is 17.9 Å². The van der Waals surface area contributed by atoms with Crippen molar-refractivity contribution in [3.05, 3.63) is 63.7 Å². The van der Waals surface area contributed by atoms with Gasteiger partial charge in [0.05, 0.1) is 24.1 Å². The summed E-state index contributed by atoms with van der Waals surface area (Å²) in [5, 5.41) is 13.9. The SMILES string of the molecule is COc1ccc(C(C)(C)C)cc1NC(=O)Cc1ccccc1[N+](=O)[O-]. The topological polar surface area (TPSA) is 81.5 Å². The Bertz CT molecular complexity index is 794. The third-order valence-corrected chi connectivity index (χ3v) is 3.88. The molecule has 0 unspecified atom stereocenters. The molecule has 0 aliphatic heterocycles. The summed E-state index contributed by atoms with van der Waals surface area (Å²) in [6.07, 6.45) is -0.0833. The summed E-state index contributed by atoms with van der Waals surface area (Å²) in [4.78, 5) is 23.0. The van der Waals surface area contributed by atoms with Crippen LogP contribution >= 0.6 is 0 Å². The van der Waals surface area contributed by atoms with Gasteiger partial charge < -0.3 is 10.1 Å². The number of nitrogens with one attached hydrogen (secondary N) is 1. The summed E-state index contributed by atoms with van der Waals surface area (Å²) in [5.41, 5.74) is 1.83. The van der Waals surface area contributed by atoms with Crippen LogP contribution in [0, 0.1) is 10.1 Å². The Labute approximate surface area is 147 Å². The van der Waals surface area contributed by atoms with Crippen molar-refractivity contribution in [2.24, 2.45) is 0 Å². The van der Waals surface area contributed by atoms with E-state index in [4.69, 9.17) is 4.74 Å². The average Bonchev–Trinajstić information content (AvgIpc) is 2.54. The van der Waals surface area contributed by atoms with Crippen LogP contribution in [0.5, 0.6) is 5.75 Å². The molecule has 1 N–H and O–H groups in total. The average molecular weight is 342 g/mol. The molecule has 0 aliphatic rings. The zero-order valence-electron chi connectivity index (χ0n) is 14.8. The first-order chi connectivity index (χ1) is 11.7. The lowest BCUT2D eigenvalue weighted by Crippen LogP contribution is -2.17. The van der Waals surface area contributed by atoms with Crippen molar-refractivity contribution >= 4 is 17.3 Å². The van der Waals surface area contributed by atoms with Gasteiger partial charge in [-0.15, -0.1) is 0 Å². The zero-order valence-corrected chi connectivity index (χ0v) is 14.8. The van der Waals surface area contributed by atoms with Crippen molar-refractivity contribution in [2.75, 3.05) is 12.4 Å². The number of carbonyl (C=O) groups is 1. The van der Waals surface area contributed by atoms with Crippen molar-refractivity contribution in [3.8, 4) is 5.75 Å². The number of anilines is 1. The van der Waals surface area contributed by atoms with Gasteiger partial charge in [0.25, 0.3) is 5.69 Å². The van der Waals surface area contributed by atoms with Crippen molar-refractivity contribution in [1.82, 2.24) is 0 Å². The standard InChI is InChI=1S/C19H22N2O4/c1-19(2,3)14-9-10-17(25-4)15(12-14)20-18(22)11-13-7-5-6-8-16(13)21(23)24/h5-10,12H,11H2,1-4H3,(H,20,22).